The number of nitrogens with zero attached hydrogens (tertiary/aromatic N) is 2. The summed E-state index contributed by atoms with van der Waals surface area (Å²) in [6.07, 6.45) is 7.19. The minimum Gasteiger partial charge on any atom is -0.356 e. The molecule has 1 aromatic heterocycles. The molecule has 2 rings (SSSR count). The summed E-state index contributed by atoms with van der Waals surface area (Å²) in [4.78, 5) is 7.07. The Bertz CT molecular complexity index is 442. The Morgan fingerprint density at radius 2 is 1.90 bits per heavy atom. The molecule has 1 fully saturated rings. The van der Waals surface area contributed by atoms with E-state index in [4.69, 9.17) is 0 Å². The van der Waals surface area contributed by atoms with Crippen LogP contribution < -0.4 is 10.2 Å². The van der Waals surface area contributed by atoms with Crippen molar-refractivity contribution in [2.45, 2.75) is 71.5 Å². The number of nitrogens with one attached hydrogen (secondary N) is 1. The normalized spacial score (nSPS) is 23.1. The smallest absolute Gasteiger partial charge is 0.132 e. The summed E-state index contributed by atoms with van der Waals surface area (Å²) in [5, 5.41) is 3.58. The van der Waals surface area contributed by atoms with Crippen LogP contribution in [0.1, 0.15) is 58.9 Å². The van der Waals surface area contributed by atoms with Crippen LogP contribution in [0.15, 0.2) is 18.3 Å². The predicted molar refractivity (Wildman–Crippen MR) is 90.7 cm³/mol. The van der Waals surface area contributed by atoms with Gasteiger partial charge in [0.15, 0.2) is 0 Å². The maximum Gasteiger partial charge on any atom is 0.132 e. The van der Waals surface area contributed by atoms with Crippen molar-refractivity contribution in [3.63, 3.8) is 0 Å². The van der Waals surface area contributed by atoms with Crippen LogP contribution >= 0.6 is 0 Å². The maximum atomic E-state index is 4.66. The molecule has 1 aliphatic carbocycles. The molecule has 0 spiro atoms. The quantitative estimate of drug-likeness (QED) is 0.908. The van der Waals surface area contributed by atoms with Crippen molar-refractivity contribution in [2.24, 2.45) is 5.92 Å². The van der Waals surface area contributed by atoms with Crippen LogP contribution in [-0.2, 0) is 6.54 Å². The monoisotopic (exact) mass is 289 g/mol. The Morgan fingerprint density at radius 1 is 1.24 bits per heavy atom. The van der Waals surface area contributed by atoms with E-state index in [2.05, 4.69) is 56.0 Å². The fourth-order valence-corrected chi connectivity index (χ4v) is 3.05. The van der Waals surface area contributed by atoms with E-state index >= 15 is 0 Å². The number of pyridine rings is 1. The maximum absolute atomic E-state index is 4.66. The highest BCUT2D eigenvalue weighted by Crippen LogP contribution is 2.29. The highest BCUT2D eigenvalue weighted by atomic mass is 15.2. The van der Waals surface area contributed by atoms with E-state index in [1.54, 1.807) is 0 Å². The molecule has 3 heteroatoms. The van der Waals surface area contributed by atoms with Crippen molar-refractivity contribution in [1.82, 2.24) is 10.3 Å². The molecular weight excluding hydrogens is 258 g/mol. The van der Waals surface area contributed by atoms with Gasteiger partial charge in [0.05, 0.1) is 0 Å². The first-order chi connectivity index (χ1) is 9.87. The molecule has 0 radical (unpaired) electrons. The zero-order valence-corrected chi connectivity index (χ0v) is 14.3. The minimum atomic E-state index is 0.131. The van der Waals surface area contributed by atoms with E-state index in [9.17, 15) is 0 Å². The lowest BCUT2D eigenvalue weighted by atomic mass is 9.86. The zero-order chi connectivity index (χ0) is 15.5. The van der Waals surface area contributed by atoms with Crippen LogP contribution in [0.25, 0.3) is 0 Å². The summed E-state index contributed by atoms with van der Waals surface area (Å²) in [6, 6.07) is 4.88. The molecule has 3 nitrogen and oxygen atoms in total. The van der Waals surface area contributed by atoms with Gasteiger partial charge in [0.25, 0.3) is 0 Å². The molecule has 21 heavy (non-hydrogen) atoms. The van der Waals surface area contributed by atoms with Gasteiger partial charge in [-0.05, 0) is 58.4 Å². The molecule has 0 aliphatic heterocycles. The number of hydrogen-bond acceptors (Lipinski definition) is 3. The van der Waals surface area contributed by atoms with Crippen molar-refractivity contribution >= 4 is 5.82 Å². The van der Waals surface area contributed by atoms with E-state index in [0.29, 0.717) is 6.04 Å². The summed E-state index contributed by atoms with van der Waals surface area (Å²) >= 11 is 0. The van der Waals surface area contributed by atoms with Gasteiger partial charge in [-0.15, -0.1) is 0 Å². The minimum absolute atomic E-state index is 0.131. The van der Waals surface area contributed by atoms with Crippen molar-refractivity contribution in [1.29, 1.82) is 0 Å². The fourth-order valence-electron chi connectivity index (χ4n) is 3.05. The second kappa shape index (κ2) is 6.78. The third kappa shape index (κ3) is 4.70. The van der Waals surface area contributed by atoms with Crippen LogP contribution in [0.4, 0.5) is 5.82 Å². The Balaban J connectivity index is 2.08. The third-order valence-corrected chi connectivity index (χ3v) is 4.54. The van der Waals surface area contributed by atoms with E-state index in [1.165, 1.54) is 31.2 Å². The molecule has 1 N–H and O–H groups in total. The van der Waals surface area contributed by atoms with Crippen molar-refractivity contribution in [3.8, 4) is 0 Å². The molecule has 1 aromatic rings. The first-order valence-corrected chi connectivity index (χ1v) is 8.28. The standard InChI is InChI=1S/C18H31N3/c1-14-8-10-16(11-9-14)21(5)17-15(7-6-12-19-17)13-20-18(2,3)4/h6-7,12,14,16,20H,8-11,13H2,1-5H3. The molecule has 1 saturated carbocycles. The molecule has 0 atom stereocenters. The van der Waals surface area contributed by atoms with Crippen molar-refractivity contribution in [3.05, 3.63) is 23.9 Å². The van der Waals surface area contributed by atoms with Crippen molar-refractivity contribution < 1.29 is 0 Å². The summed E-state index contributed by atoms with van der Waals surface area (Å²) in [6.45, 7) is 9.86. The zero-order valence-electron chi connectivity index (χ0n) is 14.3. The molecule has 0 unspecified atom stereocenters. The topological polar surface area (TPSA) is 28.2 Å². The van der Waals surface area contributed by atoms with E-state index in [1.807, 2.05) is 12.3 Å². The van der Waals surface area contributed by atoms with Gasteiger partial charge in [-0.25, -0.2) is 4.98 Å². The molecule has 0 aromatic carbocycles. The highest BCUT2D eigenvalue weighted by molar-refractivity contribution is 5.47. The largest absolute Gasteiger partial charge is 0.356 e. The Morgan fingerprint density at radius 3 is 2.52 bits per heavy atom. The lowest BCUT2D eigenvalue weighted by Crippen LogP contribution is -2.38. The van der Waals surface area contributed by atoms with Gasteiger partial charge >= 0.3 is 0 Å². The second-order valence-corrected chi connectivity index (χ2v) is 7.61. The lowest BCUT2D eigenvalue weighted by Gasteiger charge is -2.35. The summed E-state index contributed by atoms with van der Waals surface area (Å²) in [5.41, 5.74) is 1.43. The highest BCUT2D eigenvalue weighted by Gasteiger charge is 2.24. The van der Waals surface area contributed by atoms with Gasteiger partial charge in [0.2, 0.25) is 0 Å². The average molecular weight is 289 g/mol. The molecule has 118 valence electrons. The molecule has 0 amide bonds. The van der Waals surface area contributed by atoms with Crippen LogP contribution in [-0.4, -0.2) is 23.6 Å². The summed E-state index contributed by atoms with van der Waals surface area (Å²) in [7, 11) is 2.21. The first kappa shape index (κ1) is 16.3. The van der Waals surface area contributed by atoms with Gasteiger partial charge in [0, 0.05) is 36.9 Å². The summed E-state index contributed by atoms with van der Waals surface area (Å²) in [5.74, 6) is 2.04. The Hall–Kier alpha value is -1.09. The SMILES string of the molecule is CC1CCC(N(C)c2ncccc2CNC(C)(C)C)CC1. The van der Waals surface area contributed by atoms with Crippen LogP contribution in [0.2, 0.25) is 0 Å². The molecule has 0 saturated heterocycles. The van der Waals surface area contributed by atoms with Gasteiger partial charge in [-0.2, -0.15) is 0 Å². The Labute approximate surface area is 130 Å². The number of aromatic nitrogens is 1. The third-order valence-electron chi connectivity index (χ3n) is 4.54. The first-order valence-electron chi connectivity index (χ1n) is 8.28. The second-order valence-electron chi connectivity index (χ2n) is 7.61. The average Bonchev–Trinajstić information content (AvgIpc) is 2.45. The van der Waals surface area contributed by atoms with Gasteiger partial charge in [0.1, 0.15) is 5.82 Å². The summed E-state index contributed by atoms with van der Waals surface area (Å²) < 4.78 is 0. The van der Waals surface area contributed by atoms with Crippen LogP contribution in [0, 0.1) is 5.92 Å². The fraction of sp³-hybridized carbons (Fsp3) is 0.722. The molecule has 0 bridgehead atoms. The molecule has 1 aliphatic rings. The number of hydrogen-bond donors (Lipinski definition) is 1. The van der Waals surface area contributed by atoms with E-state index < -0.39 is 0 Å². The van der Waals surface area contributed by atoms with E-state index in [-0.39, 0.29) is 5.54 Å². The van der Waals surface area contributed by atoms with Crippen LogP contribution in [0.5, 0.6) is 0 Å². The van der Waals surface area contributed by atoms with Gasteiger partial charge < -0.3 is 10.2 Å². The predicted octanol–water partition coefficient (Wildman–Crippen LogP) is 3.98. The van der Waals surface area contributed by atoms with Gasteiger partial charge in [-0.1, -0.05) is 13.0 Å². The Kier molecular flexibility index (Phi) is 5.26. The van der Waals surface area contributed by atoms with Crippen molar-refractivity contribution in [2.75, 3.05) is 11.9 Å². The molecule has 1 heterocycles. The van der Waals surface area contributed by atoms with Crippen LogP contribution in [0.3, 0.4) is 0 Å². The van der Waals surface area contributed by atoms with Gasteiger partial charge in [-0.3, -0.25) is 0 Å². The van der Waals surface area contributed by atoms with E-state index in [0.717, 1.165) is 18.3 Å². The molecular formula is C18H31N3. The number of rotatable bonds is 4. The lowest BCUT2D eigenvalue weighted by molar-refractivity contribution is 0.339. The number of anilines is 1.